The van der Waals surface area contributed by atoms with Crippen LogP contribution in [0.5, 0.6) is 0 Å². The molecule has 4 rings (SSSR count). The number of aromatic amines is 2. The normalized spacial score (nSPS) is 18.0. The van der Waals surface area contributed by atoms with Crippen LogP contribution in [0.15, 0.2) is 52.1 Å². The summed E-state index contributed by atoms with van der Waals surface area (Å²) in [7, 11) is 0. The van der Waals surface area contributed by atoms with E-state index in [1.807, 2.05) is 0 Å². The second-order valence-electron chi connectivity index (χ2n) is 7.08. The van der Waals surface area contributed by atoms with Gasteiger partial charge in [-0.3, -0.25) is 14.7 Å². The topological polar surface area (TPSA) is 78.2 Å². The molecule has 0 aliphatic carbocycles. The number of benzene rings is 2. The molecule has 6 heteroatoms. The van der Waals surface area contributed by atoms with Crippen LogP contribution in [0.2, 0.25) is 0 Å². The monoisotopic (exact) mass is 365 g/mol. The van der Waals surface area contributed by atoms with Crippen molar-refractivity contribution in [2.75, 3.05) is 19.7 Å². The van der Waals surface area contributed by atoms with Crippen LogP contribution in [0, 0.1) is 6.92 Å². The minimum atomic E-state index is -0.461. The minimum Gasteiger partial charge on any atom is -0.375 e. The lowest BCUT2D eigenvalue weighted by Crippen LogP contribution is -2.44. The van der Waals surface area contributed by atoms with Crippen molar-refractivity contribution in [3.8, 4) is 0 Å². The first kappa shape index (κ1) is 17.7. The van der Waals surface area contributed by atoms with Crippen LogP contribution >= 0.6 is 0 Å². The van der Waals surface area contributed by atoms with E-state index in [1.54, 1.807) is 6.92 Å². The summed E-state index contributed by atoms with van der Waals surface area (Å²) in [4.78, 5) is 30.7. The number of fused-ring (bicyclic) bond motifs is 1. The molecule has 27 heavy (non-hydrogen) atoms. The van der Waals surface area contributed by atoms with Crippen molar-refractivity contribution >= 4 is 10.8 Å². The number of nitrogens with zero attached hydrogens (tertiary/aromatic N) is 1. The van der Waals surface area contributed by atoms with E-state index in [1.165, 1.54) is 16.3 Å². The van der Waals surface area contributed by atoms with Gasteiger partial charge in [0.15, 0.2) is 0 Å². The Morgan fingerprint density at radius 1 is 1.11 bits per heavy atom. The Balaban J connectivity index is 1.50. The van der Waals surface area contributed by atoms with Crippen LogP contribution < -0.4 is 11.2 Å². The molecule has 1 atom stereocenters. The van der Waals surface area contributed by atoms with E-state index < -0.39 is 5.69 Å². The van der Waals surface area contributed by atoms with Gasteiger partial charge in [-0.15, -0.1) is 0 Å². The van der Waals surface area contributed by atoms with Gasteiger partial charge in [-0.2, -0.15) is 0 Å². The van der Waals surface area contributed by atoms with Crippen LogP contribution in [0.3, 0.4) is 0 Å². The largest absolute Gasteiger partial charge is 0.375 e. The second-order valence-corrected chi connectivity index (χ2v) is 7.08. The maximum Gasteiger partial charge on any atom is 0.325 e. The number of hydrogen-bond donors (Lipinski definition) is 2. The third kappa shape index (κ3) is 3.86. The Morgan fingerprint density at radius 2 is 1.93 bits per heavy atom. The molecular formula is C21H23N3O3. The van der Waals surface area contributed by atoms with Gasteiger partial charge >= 0.3 is 5.69 Å². The number of rotatable bonds is 4. The fourth-order valence-electron chi connectivity index (χ4n) is 3.80. The lowest BCUT2D eigenvalue weighted by atomic mass is 9.99. The summed E-state index contributed by atoms with van der Waals surface area (Å²) in [5.41, 5.74) is 1.74. The summed E-state index contributed by atoms with van der Waals surface area (Å²) < 4.78 is 5.99. The Morgan fingerprint density at radius 3 is 2.78 bits per heavy atom. The number of H-pyrrole nitrogens is 2. The highest BCUT2D eigenvalue weighted by Crippen LogP contribution is 2.22. The zero-order valence-electron chi connectivity index (χ0n) is 15.3. The summed E-state index contributed by atoms with van der Waals surface area (Å²) in [5.74, 6) is 0. The molecule has 3 aromatic rings. The predicted molar refractivity (Wildman–Crippen MR) is 105 cm³/mol. The first-order valence-electron chi connectivity index (χ1n) is 9.23. The van der Waals surface area contributed by atoms with Crippen molar-refractivity contribution in [1.29, 1.82) is 0 Å². The minimum absolute atomic E-state index is 0.0757. The Kier molecular flexibility index (Phi) is 4.92. The number of nitrogens with one attached hydrogen (secondary N) is 2. The summed E-state index contributed by atoms with van der Waals surface area (Å²) >= 11 is 0. The van der Waals surface area contributed by atoms with Crippen molar-refractivity contribution < 1.29 is 4.74 Å². The fraction of sp³-hybridized carbons (Fsp3) is 0.333. The zero-order chi connectivity index (χ0) is 18.8. The van der Waals surface area contributed by atoms with E-state index >= 15 is 0 Å². The van der Waals surface area contributed by atoms with Crippen molar-refractivity contribution in [3.63, 3.8) is 0 Å². The molecule has 0 radical (unpaired) electrons. The quantitative estimate of drug-likeness (QED) is 0.741. The standard InChI is InChI=1S/C21H23N3O3/c1-14-19(20(25)23-21(26)22-14)13-24-9-10-27-17(12-24)11-16-7-4-6-15-5-2-3-8-18(15)16/h2-8,17H,9-13H2,1H3,(H2,22,23,25,26)/t17-/m1/s1. The van der Waals surface area contributed by atoms with E-state index in [2.05, 4.69) is 57.3 Å². The molecule has 0 bridgehead atoms. The highest BCUT2D eigenvalue weighted by atomic mass is 16.5. The molecule has 2 N–H and O–H groups in total. The van der Waals surface area contributed by atoms with Gasteiger partial charge in [-0.1, -0.05) is 42.5 Å². The molecule has 1 aliphatic rings. The highest BCUT2D eigenvalue weighted by molar-refractivity contribution is 5.85. The number of aromatic nitrogens is 2. The van der Waals surface area contributed by atoms with E-state index in [0.29, 0.717) is 24.4 Å². The van der Waals surface area contributed by atoms with Crippen LogP contribution in [-0.4, -0.2) is 40.7 Å². The lowest BCUT2D eigenvalue weighted by Gasteiger charge is -2.33. The van der Waals surface area contributed by atoms with Crippen molar-refractivity contribution in [2.45, 2.75) is 26.0 Å². The molecular weight excluding hydrogens is 342 g/mol. The smallest absolute Gasteiger partial charge is 0.325 e. The van der Waals surface area contributed by atoms with E-state index in [9.17, 15) is 9.59 Å². The van der Waals surface area contributed by atoms with Gasteiger partial charge in [-0.25, -0.2) is 4.79 Å². The van der Waals surface area contributed by atoms with Crippen LogP contribution in [0.1, 0.15) is 16.8 Å². The first-order chi connectivity index (χ1) is 13.1. The van der Waals surface area contributed by atoms with Gasteiger partial charge in [0, 0.05) is 31.7 Å². The summed E-state index contributed by atoms with van der Waals surface area (Å²) in [6.45, 7) is 4.42. The molecule has 6 nitrogen and oxygen atoms in total. The van der Waals surface area contributed by atoms with Gasteiger partial charge < -0.3 is 9.72 Å². The van der Waals surface area contributed by atoms with E-state index in [4.69, 9.17) is 4.74 Å². The highest BCUT2D eigenvalue weighted by Gasteiger charge is 2.23. The molecule has 1 saturated heterocycles. The number of morpholine rings is 1. The predicted octanol–water partition coefficient (Wildman–Crippen LogP) is 1.97. The maximum atomic E-state index is 12.1. The van der Waals surface area contributed by atoms with Crippen LogP contribution in [0.25, 0.3) is 10.8 Å². The summed E-state index contributed by atoms with van der Waals surface area (Å²) in [6, 6.07) is 14.7. The number of hydrogen-bond acceptors (Lipinski definition) is 4. The molecule has 140 valence electrons. The van der Waals surface area contributed by atoms with Gasteiger partial charge in [0.05, 0.1) is 18.3 Å². The molecule has 0 saturated carbocycles. The molecule has 1 aromatic heterocycles. The second kappa shape index (κ2) is 7.50. The van der Waals surface area contributed by atoms with Crippen molar-refractivity contribution in [1.82, 2.24) is 14.9 Å². The first-order valence-corrected chi connectivity index (χ1v) is 9.23. The lowest BCUT2D eigenvalue weighted by molar-refractivity contribution is -0.0305. The van der Waals surface area contributed by atoms with Crippen LogP contribution in [-0.2, 0) is 17.7 Å². The molecule has 0 spiro atoms. The molecule has 0 unspecified atom stereocenters. The Bertz CT molecular complexity index is 1060. The molecule has 2 aromatic carbocycles. The molecule has 2 heterocycles. The molecule has 1 aliphatic heterocycles. The van der Waals surface area contributed by atoms with Gasteiger partial charge in [0.2, 0.25) is 0 Å². The zero-order valence-corrected chi connectivity index (χ0v) is 15.3. The SMILES string of the molecule is Cc1[nH]c(=O)[nH]c(=O)c1CN1CCO[C@H](Cc2cccc3ccccc23)C1. The van der Waals surface area contributed by atoms with Crippen molar-refractivity contribution in [3.05, 3.63) is 80.1 Å². The number of ether oxygens (including phenoxy) is 1. The van der Waals surface area contributed by atoms with Gasteiger partial charge in [0.25, 0.3) is 5.56 Å². The Labute approximate surface area is 156 Å². The maximum absolute atomic E-state index is 12.1. The average Bonchev–Trinajstić information content (AvgIpc) is 2.65. The summed E-state index contributed by atoms with van der Waals surface area (Å²) in [6.07, 6.45) is 0.908. The van der Waals surface area contributed by atoms with Gasteiger partial charge in [-0.05, 0) is 23.3 Å². The average molecular weight is 365 g/mol. The third-order valence-electron chi connectivity index (χ3n) is 5.19. The van der Waals surface area contributed by atoms with Crippen molar-refractivity contribution in [2.24, 2.45) is 0 Å². The van der Waals surface area contributed by atoms with E-state index in [-0.39, 0.29) is 11.7 Å². The van der Waals surface area contributed by atoms with Gasteiger partial charge in [0.1, 0.15) is 0 Å². The fourth-order valence-corrected chi connectivity index (χ4v) is 3.80. The molecule has 0 amide bonds. The Hall–Kier alpha value is -2.70. The third-order valence-corrected chi connectivity index (χ3v) is 5.19. The number of aryl methyl sites for hydroxylation is 1. The van der Waals surface area contributed by atoms with E-state index in [0.717, 1.165) is 19.5 Å². The molecule has 1 fully saturated rings. The summed E-state index contributed by atoms with van der Waals surface area (Å²) in [5, 5.41) is 2.49. The van der Waals surface area contributed by atoms with Crippen LogP contribution in [0.4, 0.5) is 0 Å².